The fourth-order valence-electron chi connectivity index (χ4n) is 3.92. The molecule has 2 unspecified atom stereocenters. The summed E-state index contributed by atoms with van der Waals surface area (Å²) in [4.78, 5) is 27.5. The quantitative estimate of drug-likeness (QED) is 0.745. The van der Waals surface area contributed by atoms with Crippen LogP contribution >= 0.6 is 0 Å². The van der Waals surface area contributed by atoms with E-state index in [2.05, 4.69) is 6.07 Å². The summed E-state index contributed by atoms with van der Waals surface area (Å²) < 4.78 is 11.2. The van der Waals surface area contributed by atoms with Crippen molar-refractivity contribution in [2.45, 2.75) is 58.2 Å². The first-order valence-electron chi connectivity index (χ1n) is 9.33. The van der Waals surface area contributed by atoms with Gasteiger partial charge in [-0.3, -0.25) is 9.69 Å². The second kappa shape index (κ2) is 7.32. The molecule has 3 rings (SSSR count). The summed E-state index contributed by atoms with van der Waals surface area (Å²) in [5, 5.41) is 9.35. The van der Waals surface area contributed by atoms with E-state index in [-0.39, 0.29) is 29.9 Å². The van der Waals surface area contributed by atoms with Gasteiger partial charge in [-0.05, 0) is 52.7 Å². The molecule has 1 aromatic rings. The Hall–Kier alpha value is -2.39. The highest BCUT2D eigenvalue weighted by Crippen LogP contribution is 2.35. The number of benzene rings is 1. The normalized spacial score (nSPS) is 24.9. The van der Waals surface area contributed by atoms with Crippen LogP contribution in [-0.2, 0) is 9.47 Å². The van der Waals surface area contributed by atoms with Crippen LogP contribution < -0.4 is 0 Å². The number of piperidine rings is 1. The minimum Gasteiger partial charge on any atom is -0.444 e. The molecule has 1 amide bonds. The van der Waals surface area contributed by atoms with E-state index in [1.165, 1.54) is 0 Å². The molecule has 2 bridgehead atoms. The minimum atomic E-state index is -0.567. The van der Waals surface area contributed by atoms with Crippen molar-refractivity contribution in [3.63, 3.8) is 0 Å². The van der Waals surface area contributed by atoms with Gasteiger partial charge >= 0.3 is 6.09 Å². The van der Waals surface area contributed by atoms with Gasteiger partial charge in [0.05, 0.1) is 36.9 Å². The lowest BCUT2D eigenvalue weighted by Gasteiger charge is -2.47. The van der Waals surface area contributed by atoms with Crippen LogP contribution in [0.1, 0.15) is 55.1 Å². The van der Waals surface area contributed by atoms with Gasteiger partial charge in [0.15, 0.2) is 5.78 Å². The largest absolute Gasteiger partial charge is 0.444 e. The Balaban J connectivity index is 1.81. The molecular formula is C21H26N2O4. The number of Topliss-reactive ketones (excluding diaryl/α,β-unsaturated/α-hetero) is 1. The molecule has 0 N–H and O–H groups in total. The van der Waals surface area contributed by atoms with E-state index >= 15 is 0 Å². The van der Waals surface area contributed by atoms with Crippen LogP contribution in [0.3, 0.4) is 0 Å². The molecule has 2 fully saturated rings. The highest BCUT2D eigenvalue weighted by Gasteiger charge is 2.45. The molecule has 2 heterocycles. The lowest BCUT2D eigenvalue weighted by Crippen LogP contribution is -2.60. The Morgan fingerprint density at radius 2 is 1.85 bits per heavy atom. The van der Waals surface area contributed by atoms with Crippen molar-refractivity contribution >= 4 is 11.9 Å². The predicted octanol–water partition coefficient (Wildman–Crippen LogP) is 3.46. The van der Waals surface area contributed by atoms with Crippen LogP contribution in [0.25, 0.3) is 0 Å². The smallest absolute Gasteiger partial charge is 0.410 e. The van der Waals surface area contributed by atoms with Crippen LogP contribution in [0.4, 0.5) is 4.79 Å². The molecule has 6 heteroatoms. The third-order valence-electron chi connectivity index (χ3n) is 5.06. The van der Waals surface area contributed by atoms with E-state index in [0.717, 1.165) is 5.56 Å². The Kier molecular flexibility index (Phi) is 5.25. The topological polar surface area (TPSA) is 79.6 Å². The number of morpholine rings is 1. The Labute approximate surface area is 160 Å². The van der Waals surface area contributed by atoms with Gasteiger partial charge in [-0.2, -0.15) is 5.26 Å². The molecule has 144 valence electrons. The zero-order valence-electron chi connectivity index (χ0n) is 16.3. The maximum Gasteiger partial charge on any atom is 0.410 e. The van der Waals surface area contributed by atoms with Crippen LogP contribution in [0.15, 0.2) is 18.2 Å². The Morgan fingerprint density at radius 3 is 2.41 bits per heavy atom. The molecule has 1 aromatic carbocycles. The van der Waals surface area contributed by atoms with E-state index in [4.69, 9.17) is 9.47 Å². The first kappa shape index (κ1) is 19.4. The molecule has 6 nitrogen and oxygen atoms in total. The van der Waals surface area contributed by atoms with Gasteiger partial charge in [-0.15, -0.1) is 0 Å². The highest BCUT2D eigenvalue weighted by atomic mass is 16.6. The average molecular weight is 370 g/mol. The van der Waals surface area contributed by atoms with Crippen molar-refractivity contribution in [3.05, 3.63) is 34.9 Å². The number of fused-ring (bicyclic) bond motifs is 2. The molecule has 0 spiro atoms. The number of nitriles is 1. The second-order valence-electron chi connectivity index (χ2n) is 8.43. The summed E-state index contributed by atoms with van der Waals surface area (Å²) in [5.74, 6) is -0.243. The van der Waals surface area contributed by atoms with Crippen LogP contribution in [0.5, 0.6) is 0 Å². The predicted molar refractivity (Wildman–Crippen MR) is 99.4 cm³/mol. The Morgan fingerprint density at radius 1 is 1.22 bits per heavy atom. The zero-order valence-corrected chi connectivity index (χ0v) is 16.3. The number of hydrogen-bond donors (Lipinski definition) is 0. The highest BCUT2D eigenvalue weighted by molar-refractivity contribution is 6.00. The van der Waals surface area contributed by atoms with E-state index in [0.29, 0.717) is 37.2 Å². The maximum atomic E-state index is 13.1. The number of hydrogen-bond acceptors (Lipinski definition) is 5. The summed E-state index contributed by atoms with van der Waals surface area (Å²) in [6.45, 7) is 8.24. The summed E-state index contributed by atoms with van der Waals surface area (Å²) in [6.07, 6.45) is 0.695. The SMILES string of the molecule is Cc1ccc(C#N)c(C(=O)C2CC3COCC(C2)N3C(=O)OC(C)(C)C)c1. The van der Waals surface area contributed by atoms with Gasteiger partial charge in [0.2, 0.25) is 0 Å². The number of aryl methyl sites for hydroxylation is 1. The number of rotatable bonds is 2. The third kappa shape index (κ3) is 4.14. The number of carbonyl (C=O) groups is 2. The molecule has 0 saturated carbocycles. The first-order valence-corrected chi connectivity index (χ1v) is 9.33. The summed E-state index contributed by atoms with van der Waals surface area (Å²) >= 11 is 0. The molecule has 0 aromatic heterocycles. The van der Waals surface area contributed by atoms with Crippen molar-refractivity contribution in [2.24, 2.45) is 5.92 Å². The van der Waals surface area contributed by atoms with Gasteiger partial charge in [0, 0.05) is 11.5 Å². The molecule has 2 aliphatic heterocycles. The molecule has 0 aliphatic carbocycles. The van der Waals surface area contributed by atoms with Crippen LogP contribution in [0.2, 0.25) is 0 Å². The van der Waals surface area contributed by atoms with Crippen molar-refractivity contribution in [3.8, 4) is 6.07 Å². The molecule has 0 radical (unpaired) electrons. The standard InChI is InChI=1S/C21H26N2O4/c1-13-5-6-14(10-22)18(7-13)19(24)15-8-16-11-26-12-17(9-15)23(16)20(25)27-21(2,3)4/h5-7,15-17H,8-9,11-12H2,1-4H3. The first-order chi connectivity index (χ1) is 12.7. The van der Waals surface area contributed by atoms with Crippen molar-refractivity contribution in [1.29, 1.82) is 5.26 Å². The van der Waals surface area contributed by atoms with E-state index in [9.17, 15) is 14.9 Å². The van der Waals surface area contributed by atoms with Gasteiger partial charge in [-0.1, -0.05) is 11.6 Å². The number of carbonyl (C=O) groups excluding carboxylic acids is 2. The lowest BCUT2D eigenvalue weighted by molar-refractivity contribution is -0.0861. The molecule has 27 heavy (non-hydrogen) atoms. The molecule has 2 atom stereocenters. The van der Waals surface area contributed by atoms with Crippen LogP contribution in [-0.4, -0.2) is 47.7 Å². The van der Waals surface area contributed by atoms with Crippen LogP contribution in [0, 0.1) is 24.2 Å². The molecule has 2 aliphatic rings. The Bertz CT molecular complexity index is 776. The second-order valence-corrected chi connectivity index (χ2v) is 8.43. The van der Waals surface area contributed by atoms with Gasteiger partial charge < -0.3 is 9.47 Å². The van der Waals surface area contributed by atoms with Gasteiger partial charge in [0.1, 0.15) is 5.60 Å². The lowest BCUT2D eigenvalue weighted by atomic mass is 9.80. The zero-order chi connectivity index (χ0) is 19.8. The fraction of sp³-hybridized carbons (Fsp3) is 0.571. The molecule has 2 saturated heterocycles. The van der Waals surface area contributed by atoms with Crippen molar-refractivity contribution in [2.75, 3.05) is 13.2 Å². The van der Waals surface area contributed by atoms with E-state index in [1.807, 2.05) is 33.8 Å². The molecular weight excluding hydrogens is 344 g/mol. The monoisotopic (exact) mass is 370 g/mol. The summed E-state index contributed by atoms with van der Waals surface area (Å²) in [7, 11) is 0. The van der Waals surface area contributed by atoms with Gasteiger partial charge in [-0.25, -0.2) is 4.79 Å². The third-order valence-corrected chi connectivity index (χ3v) is 5.06. The van der Waals surface area contributed by atoms with Crippen molar-refractivity contribution in [1.82, 2.24) is 4.90 Å². The summed E-state index contributed by atoms with van der Waals surface area (Å²) in [6, 6.07) is 7.07. The number of ketones is 1. The minimum absolute atomic E-state index is 0.0176. The average Bonchev–Trinajstić information content (AvgIpc) is 2.58. The van der Waals surface area contributed by atoms with Crippen molar-refractivity contribution < 1.29 is 19.1 Å². The van der Waals surface area contributed by atoms with Gasteiger partial charge in [0.25, 0.3) is 0 Å². The summed E-state index contributed by atoms with van der Waals surface area (Å²) in [5.41, 5.74) is 1.27. The van der Waals surface area contributed by atoms with E-state index < -0.39 is 5.60 Å². The maximum absolute atomic E-state index is 13.1. The number of nitrogens with zero attached hydrogens (tertiary/aromatic N) is 2. The number of amides is 1. The fourth-order valence-corrected chi connectivity index (χ4v) is 3.92. The van der Waals surface area contributed by atoms with E-state index in [1.54, 1.807) is 17.0 Å². The number of ether oxygens (including phenoxy) is 2.